The van der Waals surface area contributed by atoms with Crippen molar-refractivity contribution >= 4 is 17.3 Å². The largest absolute Gasteiger partial charge is 0.477 e. The SMILES string of the molecule is CCC1CCCN1c1ccc(C(=O)O)c([N+](=O)[O-])c1. The van der Waals surface area contributed by atoms with E-state index in [1.54, 1.807) is 6.07 Å². The van der Waals surface area contributed by atoms with Crippen molar-refractivity contribution in [3.8, 4) is 0 Å². The monoisotopic (exact) mass is 264 g/mol. The molecule has 1 saturated heterocycles. The van der Waals surface area contributed by atoms with Gasteiger partial charge in [0.15, 0.2) is 0 Å². The second kappa shape index (κ2) is 5.26. The molecule has 1 aromatic carbocycles. The van der Waals surface area contributed by atoms with E-state index in [9.17, 15) is 14.9 Å². The maximum atomic E-state index is 11.0. The molecule has 0 saturated carbocycles. The van der Waals surface area contributed by atoms with Gasteiger partial charge in [-0.15, -0.1) is 0 Å². The minimum atomic E-state index is -1.27. The molecular formula is C13H16N2O4. The summed E-state index contributed by atoms with van der Waals surface area (Å²) in [6.07, 6.45) is 3.12. The first-order valence-electron chi connectivity index (χ1n) is 6.33. The molecule has 19 heavy (non-hydrogen) atoms. The smallest absolute Gasteiger partial charge is 0.342 e. The maximum absolute atomic E-state index is 11.0. The van der Waals surface area contributed by atoms with Crippen LogP contribution < -0.4 is 4.90 Å². The van der Waals surface area contributed by atoms with Crippen LogP contribution in [0.1, 0.15) is 36.5 Å². The van der Waals surface area contributed by atoms with Gasteiger partial charge in [0.1, 0.15) is 5.56 Å². The van der Waals surface area contributed by atoms with E-state index < -0.39 is 10.9 Å². The van der Waals surface area contributed by atoms with Gasteiger partial charge in [-0.25, -0.2) is 4.79 Å². The Labute approximate surface area is 110 Å². The Balaban J connectivity index is 2.40. The highest BCUT2D eigenvalue weighted by Crippen LogP contribution is 2.31. The molecule has 2 rings (SSSR count). The van der Waals surface area contributed by atoms with Gasteiger partial charge in [-0.1, -0.05) is 6.92 Å². The van der Waals surface area contributed by atoms with Crippen LogP contribution in [0.3, 0.4) is 0 Å². The molecule has 6 nitrogen and oxygen atoms in total. The van der Waals surface area contributed by atoms with Crippen LogP contribution in [0.25, 0.3) is 0 Å². The van der Waals surface area contributed by atoms with Gasteiger partial charge in [-0.3, -0.25) is 10.1 Å². The van der Waals surface area contributed by atoms with Crippen LogP contribution in [0.5, 0.6) is 0 Å². The van der Waals surface area contributed by atoms with Crippen LogP contribution in [0, 0.1) is 10.1 Å². The van der Waals surface area contributed by atoms with Crippen LogP contribution in [-0.4, -0.2) is 28.6 Å². The highest BCUT2D eigenvalue weighted by Gasteiger charge is 2.26. The summed E-state index contributed by atoms with van der Waals surface area (Å²) in [5.41, 5.74) is 0.133. The number of carboxylic acids is 1. The summed E-state index contributed by atoms with van der Waals surface area (Å²) in [5, 5.41) is 19.9. The Morgan fingerprint density at radius 3 is 2.89 bits per heavy atom. The minimum Gasteiger partial charge on any atom is -0.477 e. The molecule has 1 aliphatic heterocycles. The molecule has 0 amide bonds. The molecule has 1 atom stereocenters. The van der Waals surface area contributed by atoms with E-state index in [0.29, 0.717) is 6.04 Å². The number of nitro benzene ring substituents is 1. The minimum absolute atomic E-state index is 0.263. The molecule has 1 aliphatic rings. The van der Waals surface area contributed by atoms with Crippen molar-refractivity contribution in [1.29, 1.82) is 0 Å². The van der Waals surface area contributed by atoms with Gasteiger partial charge in [-0.05, 0) is 31.4 Å². The van der Waals surface area contributed by atoms with Crippen LogP contribution in [0.4, 0.5) is 11.4 Å². The van der Waals surface area contributed by atoms with E-state index in [0.717, 1.165) is 31.5 Å². The fraction of sp³-hybridized carbons (Fsp3) is 0.462. The number of hydrogen-bond donors (Lipinski definition) is 1. The van der Waals surface area contributed by atoms with Gasteiger partial charge >= 0.3 is 5.97 Å². The standard InChI is InChI=1S/C13H16N2O4/c1-2-9-4-3-7-14(9)10-5-6-11(13(16)17)12(8-10)15(18)19/h5-6,8-9H,2-4,7H2,1H3,(H,16,17). The molecule has 0 radical (unpaired) electrons. The summed E-state index contributed by atoms with van der Waals surface area (Å²) in [4.78, 5) is 23.4. The topological polar surface area (TPSA) is 83.7 Å². The number of aromatic carboxylic acids is 1. The lowest BCUT2D eigenvalue weighted by atomic mass is 10.1. The van der Waals surface area contributed by atoms with Crippen molar-refractivity contribution < 1.29 is 14.8 Å². The zero-order valence-electron chi connectivity index (χ0n) is 10.7. The van der Waals surface area contributed by atoms with Crippen molar-refractivity contribution in [2.24, 2.45) is 0 Å². The maximum Gasteiger partial charge on any atom is 0.342 e. The summed E-state index contributed by atoms with van der Waals surface area (Å²) in [7, 11) is 0. The van der Waals surface area contributed by atoms with Crippen LogP contribution in [-0.2, 0) is 0 Å². The van der Waals surface area contributed by atoms with Gasteiger partial charge in [0.25, 0.3) is 5.69 Å². The van der Waals surface area contributed by atoms with E-state index >= 15 is 0 Å². The van der Waals surface area contributed by atoms with Crippen molar-refractivity contribution in [2.75, 3.05) is 11.4 Å². The normalized spacial score (nSPS) is 18.6. The first kappa shape index (κ1) is 13.3. The molecule has 0 aliphatic carbocycles. The molecule has 1 heterocycles. The summed E-state index contributed by atoms with van der Waals surface area (Å²) < 4.78 is 0. The molecule has 0 aromatic heterocycles. The third kappa shape index (κ3) is 2.52. The highest BCUT2D eigenvalue weighted by molar-refractivity contribution is 5.93. The molecule has 6 heteroatoms. The Kier molecular flexibility index (Phi) is 3.69. The van der Waals surface area contributed by atoms with E-state index in [1.807, 2.05) is 0 Å². The average Bonchev–Trinajstić information content (AvgIpc) is 2.86. The molecule has 0 spiro atoms. The Morgan fingerprint density at radius 2 is 2.32 bits per heavy atom. The summed E-state index contributed by atoms with van der Waals surface area (Å²) in [5.74, 6) is -1.27. The predicted molar refractivity (Wildman–Crippen MR) is 70.7 cm³/mol. The quantitative estimate of drug-likeness (QED) is 0.667. The van der Waals surface area contributed by atoms with E-state index in [2.05, 4.69) is 11.8 Å². The lowest BCUT2D eigenvalue weighted by Crippen LogP contribution is -2.28. The van der Waals surface area contributed by atoms with Crippen molar-refractivity contribution in [3.05, 3.63) is 33.9 Å². The molecule has 1 N–H and O–H groups in total. The summed E-state index contributed by atoms with van der Waals surface area (Å²) in [6.45, 7) is 2.95. The molecular weight excluding hydrogens is 248 g/mol. The van der Waals surface area contributed by atoms with Crippen molar-refractivity contribution in [1.82, 2.24) is 0 Å². The molecule has 1 unspecified atom stereocenters. The van der Waals surface area contributed by atoms with Crippen LogP contribution >= 0.6 is 0 Å². The number of hydrogen-bond acceptors (Lipinski definition) is 4. The second-order valence-electron chi connectivity index (χ2n) is 4.66. The highest BCUT2D eigenvalue weighted by atomic mass is 16.6. The third-order valence-corrected chi connectivity index (χ3v) is 3.59. The van der Waals surface area contributed by atoms with E-state index in [1.165, 1.54) is 12.1 Å². The fourth-order valence-electron chi connectivity index (χ4n) is 2.63. The van der Waals surface area contributed by atoms with Gasteiger partial charge in [0.05, 0.1) is 4.92 Å². The van der Waals surface area contributed by atoms with Gasteiger partial charge in [0.2, 0.25) is 0 Å². The second-order valence-corrected chi connectivity index (χ2v) is 4.66. The zero-order valence-corrected chi connectivity index (χ0v) is 10.7. The van der Waals surface area contributed by atoms with Crippen LogP contribution in [0.15, 0.2) is 18.2 Å². The number of nitrogens with zero attached hydrogens (tertiary/aromatic N) is 2. The van der Waals surface area contributed by atoms with Crippen molar-refractivity contribution in [3.63, 3.8) is 0 Å². The van der Waals surface area contributed by atoms with Gasteiger partial charge in [-0.2, -0.15) is 0 Å². The van der Waals surface area contributed by atoms with Gasteiger partial charge in [0, 0.05) is 24.3 Å². The fourth-order valence-corrected chi connectivity index (χ4v) is 2.63. The lowest BCUT2D eigenvalue weighted by Gasteiger charge is -2.25. The van der Waals surface area contributed by atoms with Crippen molar-refractivity contribution in [2.45, 2.75) is 32.2 Å². The van der Waals surface area contributed by atoms with Crippen LogP contribution in [0.2, 0.25) is 0 Å². The number of anilines is 1. The Bertz CT molecular complexity index is 515. The molecule has 102 valence electrons. The van der Waals surface area contributed by atoms with E-state index in [-0.39, 0.29) is 11.3 Å². The average molecular weight is 264 g/mol. The molecule has 0 bridgehead atoms. The van der Waals surface area contributed by atoms with E-state index in [4.69, 9.17) is 5.11 Å². The summed E-state index contributed by atoms with van der Waals surface area (Å²) >= 11 is 0. The zero-order chi connectivity index (χ0) is 14.0. The first-order valence-corrected chi connectivity index (χ1v) is 6.33. The summed E-state index contributed by atoms with van der Waals surface area (Å²) in [6, 6.07) is 4.73. The number of carbonyl (C=O) groups is 1. The third-order valence-electron chi connectivity index (χ3n) is 3.59. The number of rotatable bonds is 4. The lowest BCUT2D eigenvalue weighted by molar-refractivity contribution is -0.385. The Morgan fingerprint density at radius 1 is 1.58 bits per heavy atom. The number of nitro groups is 1. The first-order chi connectivity index (χ1) is 9.04. The predicted octanol–water partition coefficient (Wildman–Crippen LogP) is 2.67. The Hall–Kier alpha value is -2.11. The molecule has 1 fully saturated rings. The van der Waals surface area contributed by atoms with Gasteiger partial charge < -0.3 is 10.0 Å². The number of benzene rings is 1. The number of carboxylic acid groups (broad SMARTS) is 1. The molecule has 1 aromatic rings.